The predicted octanol–water partition coefficient (Wildman–Crippen LogP) is 2.23. The van der Waals surface area contributed by atoms with E-state index < -0.39 is 10.1 Å². The topological polar surface area (TPSA) is 98.8 Å². The van der Waals surface area contributed by atoms with Crippen LogP contribution >= 0.6 is 22.6 Å². The molecule has 0 aliphatic carbocycles. The highest BCUT2D eigenvalue weighted by atomic mass is 127. The predicted molar refractivity (Wildman–Crippen MR) is 128 cm³/mol. The Bertz CT molecular complexity index is 656. The summed E-state index contributed by atoms with van der Waals surface area (Å²) in [6.07, 6.45) is 0. The molecule has 0 heterocycles. The first-order valence-electron chi connectivity index (χ1n) is 10.5. The number of hydrogen-bond acceptors (Lipinski definition) is 9. The van der Waals surface area contributed by atoms with Crippen molar-refractivity contribution in [1.82, 2.24) is 0 Å². The normalized spacial score (nSPS) is 11.8. The van der Waals surface area contributed by atoms with E-state index in [1.165, 1.54) is 12.1 Å². The number of benzene rings is 1. The summed E-state index contributed by atoms with van der Waals surface area (Å²) < 4.78 is 62.1. The molecular formula is C21H35IO9S. The van der Waals surface area contributed by atoms with Gasteiger partial charge in [0.15, 0.2) is 0 Å². The van der Waals surface area contributed by atoms with Crippen molar-refractivity contribution in [3.8, 4) is 0 Å². The Morgan fingerprint density at radius 3 is 1.31 bits per heavy atom. The van der Waals surface area contributed by atoms with Gasteiger partial charge in [-0.2, -0.15) is 8.42 Å². The van der Waals surface area contributed by atoms with Crippen molar-refractivity contribution >= 4 is 32.7 Å². The molecule has 0 spiro atoms. The number of ether oxygens (including phenoxy) is 6. The fourth-order valence-electron chi connectivity index (χ4n) is 2.23. The van der Waals surface area contributed by atoms with Gasteiger partial charge in [-0.05, 0) is 19.1 Å². The number of aryl methyl sites for hydroxylation is 1. The first kappa shape index (κ1) is 29.7. The molecule has 0 unspecified atom stereocenters. The van der Waals surface area contributed by atoms with Gasteiger partial charge in [-0.3, -0.25) is 4.18 Å². The van der Waals surface area contributed by atoms with Gasteiger partial charge in [0.1, 0.15) is 0 Å². The molecule has 0 amide bonds. The van der Waals surface area contributed by atoms with Gasteiger partial charge in [0.2, 0.25) is 0 Å². The fraction of sp³-hybridized carbons (Fsp3) is 0.714. The van der Waals surface area contributed by atoms with Crippen molar-refractivity contribution in [1.29, 1.82) is 0 Å². The Hall–Kier alpha value is -0.380. The zero-order chi connectivity index (χ0) is 23.3. The molecule has 0 saturated carbocycles. The van der Waals surface area contributed by atoms with E-state index in [4.69, 9.17) is 32.6 Å². The van der Waals surface area contributed by atoms with Crippen LogP contribution < -0.4 is 0 Å². The van der Waals surface area contributed by atoms with Gasteiger partial charge in [0.05, 0.1) is 90.8 Å². The fourth-order valence-corrected chi connectivity index (χ4v) is 3.44. The van der Waals surface area contributed by atoms with Crippen LogP contribution in [0.15, 0.2) is 29.2 Å². The lowest BCUT2D eigenvalue weighted by Crippen LogP contribution is -2.15. The SMILES string of the molecule is Cc1ccc(S(=O)(=O)OCCOCCOCCOCCOCCOCCOCCI)cc1. The molecule has 0 saturated heterocycles. The van der Waals surface area contributed by atoms with E-state index in [2.05, 4.69) is 22.6 Å². The van der Waals surface area contributed by atoms with Crippen LogP contribution in [0.25, 0.3) is 0 Å². The van der Waals surface area contributed by atoms with E-state index in [1.807, 2.05) is 6.92 Å². The lowest BCUT2D eigenvalue weighted by atomic mass is 10.2. The van der Waals surface area contributed by atoms with Crippen LogP contribution in [-0.2, 0) is 42.7 Å². The third-order valence-electron chi connectivity index (χ3n) is 3.86. The van der Waals surface area contributed by atoms with Crippen LogP contribution in [0, 0.1) is 6.92 Å². The van der Waals surface area contributed by atoms with Crippen LogP contribution in [0.2, 0.25) is 0 Å². The van der Waals surface area contributed by atoms with Crippen LogP contribution in [0.3, 0.4) is 0 Å². The molecule has 0 atom stereocenters. The van der Waals surface area contributed by atoms with Gasteiger partial charge < -0.3 is 28.4 Å². The minimum Gasteiger partial charge on any atom is -0.378 e. The smallest absolute Gasteiger partial charge is 0.297 e. The van der Waals surface area contributed by atoms with Gasteiger partial charge in [-0.25, -0.2) is 0 Å². The van der Waals surface area contributed by atoms with Crippen molar-refractivity contribution in [2.75, 3.05) is 90.3 Å². The molecule has 0 bridgehead atoms. The van der Waals surface area contributed by atoms with Gasteiger partial charge in [0, 0.05) is 4.43 Å². The molecule has 32 heavy (non-hydrogen) atoms. The Kier molecular flexibility index (Phi) is 18.6. The number of rotatable bonds is 22. The molecule has 0 radical (unpaired) electrons. The Morgan fingerprint density at radius 2 is 0.938 bits per heavy atom. The van der Waals surface area contributed by atoms with E-state index in [-0.39, 0.29) is 18.1 Å². The average Bonchev–Trinajstić information content (AvgIpc) is 2.78. The monoisotopic (exact) mass is 590 g/mol. The van der Waals surface area contributed by atoms with Crippen LogP contribution in [0.4, 0.5) is 0 Å². The van der Waals surface area contributed by atoms with Crippen LogP contribution in [0.1, 0.15) is 5.56 Å². The number of halogens is 1. The molecule has 9 nitrogen and oxygen atoms in total. The number of hydrogen-bond donors (Lipinski definition) is 0. The van der Waals surface area contributed by atoms with E-state index in [9.17, 15) is 8.42 Å². The Morgan fingerprint density at radius 1 is 0.594 bits per heavy atom. The highest BCUT2D eigenvalue weighted by Crippen LogP contribution is 2.12. The first-order chi connectivity index (χ1) is 15.6. The molecule has 11 heteroatoms. The summed E-state index contributed by atoms with van der Waals surface area (Å²) in [5.74, 6) is 0. The highest BCUT2D eigenvalue weighted by molar-refractivity contribution is 14.1. The summed E-state index contributed by atoms with van der Waals surface area (Å²) in [5, 5.41) is 0. The zero-order valence-corrected chi connectivity index (χ0v) is 21.6. The van der Waals surface area contributed by atoms with Crippen LogP contribution in [0.5, 0.6) is 0 Å². The van der Waals surface area contributed by atoms with E-state index in [0.717, 1.165) is 16.6 Å². The molecule has 1 aromatic carbocycles. The highest BCUT2D eigenvalue weighted by Gasteiger charge is 2.14. The van der Waals surface area contributed by atoms with Crippen molar-refractivity contribution in [2.45, 2.75) is 11.8 Å². The Balaban J connectivity index is 1.80. The molecule has 0 aliphatic heterocycles. The molecule has 0 aliphatic rings. The standard InChI is InChI=1S/C21H35IO9S/c1-20-2-4-21(5-3-20)32(23,24)31-19-18-30-17-16-29-15-14-28-13-12-27-11-10-26-9-8-25-7-6-22/h2-5H,6-19H2,1H3. The first-order valence-corrected chi connectivity index (χ1v) is 13.5. The zero-order valence-electron chi connectivity index (χ0n) is 18.7. The summed E-state index contributed by atoms with van der Waals surface area (Å²) in [4.78, 5) is 0.137. The minimum absolute atomic E-state index is 0.0449. The number of alkyl halides is 1. The van der Waals surface area contributed by atoms with E-state index in [0.29, 0.717) is 66.1 Å². The van der Waals surface area contributed by atoms with Gasteiger partial charge in [0.25, 0.3) is 10.1 Å². The Labute approximate surface area is 205 Å². The summed E-state index contributed by atoms with van der Waals surface area (Å²) in [7, 11) is -3.75. The maximum Gasteiger partial charge on any atom is 0.297 e. The molecule has 186 valence electrons. The second-order valence-electron chi connectivity index (χ2n) is 6.45. The molecular weight excluding hydrogens is 555 g/mol. The summed E-state index contributed by atoms with van der Waals surface area (Å²) in [5.41, 5.74) is 0.982. The lowest BCUT2D eigenvalue weighted by molar-refractivity contribution is -0.0171. The van der Waals surface area contributed by atoms with Crippen LogP contribution in [-0.4, -0.2) is 98.7 Å². The van der Waals surface area contributed by atoms with Gasteiger partial charge >= 0.3 is 0 Å². The van der Waals surface area contributed by atoms with E-state index in [1.54, 1.807) is 12.1 Å². The summed E-state index contributed by atoms with van der Waals surface area (Å²) in [6.45, 7) is 7.67. The largest absolute Gasteiger partial charge is 0.378 e. The van der Waals surface area contributed by atoms with Gasteiger partial charge in [-0.1, -0.05) is 40.3 Å². The minimum atomic E-state index is -3.75. The molecule has 0 fully saturated rings. The summed E-state index contributed by atoms with van der Waals surface area (Å²) in [6, 6.07) is 6.49. The maximum absolute atomic E-state index is 12.0. The second-order valence-corrected chi connectivity index (χ2v) is 9.15. The quantitative estimate of drug-likeness (QED) is 0.0872. The molecule has 1 aromatic rings. The van der Waals surface area contributed by atoms with Crippen molar-refractivity contribution in [2.24, 2.45) is 0 Å². The summed E-state index contributed by atoms with van der Waals surface area (Å²) >= 11 is 2.26. The lowest BCUT2D eigenvalue weighted by Gasteiger charge is -2.08. The second kappa shape index (κ2) is 20.0. The van der Waals surface area contributed by atoms with Crippen molar-refractivity contribution in [3.05, 3.63) is 29.8 Å². The molecule has 1 rings (SSSR count). The van der Waals surface area contributed by atoms with E-state index >= 15 is 0 Å². The maximum atomic E-state index is 12.0. The third-order valence-corrected chi connectivity index (χ3v) is 5.62. The molecule has 0 aromatic heterocycles. The van der Waals surface area contributed by atoms with Crippen molar-refractivity contribution in [3.63, 3.8) is 0 Å². The van der Waals surface area contributed by atoms with Gasteiger partial charge in [-0.15, -0.1) is 0 Å². The molecule has 0 N–H and O–H groups in total. The van der Waals surface area contributed by atoms with Crippen molar-refractivity contribution < 1.29 is 41.0 Å². The average molecular weight is 590 g/mol. The third kappa shape index (κ3) is 16.3.